The monoisotopic (exact) mass is 469 g/mol. The number of aromatic nitrogens is 3. The van der Waals surface area contributed by atoms with Crippen molar-refractivity contribution in [3.05, 3.63) is 84.6 Å². The van der Waals surface area contributed by atoms with E-state index < -0.39 is 0 Å². The molecule has 6 rings (SSSR count). The number of benzene rings is 2. The van der Waals surface area contributed by atoms with Gasteiger partial charge in [-0.1, -0.05) is 36.5 Å². The van der Waals surface area contributed by atoms with Gasteiger partial charge in [0.15, 0.2) is 5.65 Å². The van der Waals surface area contributed by atoms with Crippen LogP contribution in [0.15, 0.2) is 77.4 Å². The summed E-state index contributed by atoms with van der Waals surface area (Å²) < 4.78 is 7.19. The summed E-state index contributed by atoms with van der Waals surface area (Å²) in [6.45, 7) is 5.64. The first-order chi connectivity index (χ1) is 16.6. The summed E-state index contributed by atoms with van der Waals surface area (Å²) >= 11 is 1.75. The highest BCUT2D eigenvalue weighted by Gasteiger charge is 2.20. The molecule has 4 aromatic rings. The molecule has 0 radical (unpaired) electrons. The number of imidazole rings is 1. The fraction of sp³-hybridized carbons (Fsp3) is 0.192. The van der Waals surface area contributed by atoms with E-state index in [0.717, 1.165) is 41.0 Å². The number of nitrogens with zero attached hydrogens (tertiary/aromatic N) is 3. The Bertz CT molecular complexity index is 1420. The van der Waals surface area contributed by atoms with Crippen LogP contribution >= 0.6 is 11.8 Å². The van der Waals surface area contributed by atoms with Gasteiger partial charge in [0, 0.05) is 47.0 Å². The molecule has 4 heterocycles. The molecule has 0 bridgehead atoms. The number of fused-ring (bicyclic) bond motifs is 3. The van der Waals surface area contributed by atoms with Crippen LogP contribution in [-0.2, 0) is 4.74 Å². The summed E-state index contributed by atoms with van der Waals surface area (Å²) in [6, 6.07) is 14.7. The number of carbonyl (C=O) groups is 1. The summed E-state index contributed by atoms with van der Waals surface area (Å²) in [6.07, 6.45) is 6.93. The van der Waals surface area contributed by atoms with Gasteiger partial charge < -0.3 is 19.8 Å². The van der Waals surface area contributed by atoms with Crippen molar-refractivity contribution in [1.29, 1.82) is 0 Å². The summed E-state index contributed by atoms with van der Waals surface area (Å²) in [5.41, 5.74) is 5.67. The van der Waals surface area contributed by atoms with Crippen molar-refractivity contribution in [1.82, 2.24) is 19.7 Å². The van der Waals surface area contributed by atoms with Crippen LogP contribution in [-0.4, -0.2) is 39.5 Å². The maximum atomic E-state index is 12.7. The molecular weight excluding hydrogens is 446 g/mol. The lowest BCUT2D eigenvalue weighted by molar-refractivity contribution is 0.0694. The van der Waals surface area contributed by atoms with Gasteiger partial charge in [-0.15, -0.1) is 0 Å². The molecule has 2 aromatic carbocycles. The zero-order valence-corrected chi connectivity index (χ0v) is 19.3. The molecule has 1 amide bonds. The van der Waals surface area contributed by atoms with Gasteiger partial charge >= 0.3 is 0 Å². The molecule has 8 heteroatoms. The molecule has 0 saturated carbocycles. The van der Waals surface area contributed by atoms with Gasteiger partial charge in [0.1, 0.15) is 5.69 Å². The van der Waals surface area contributed by atoms with Crippen molar-refractivity contribution >= 4 is 40.3 Å². The van der Waals surface area contributed by atoms with E-state index in [2.05, 4.69) is 57.5 Å². The van der Waals surface area contributed by atoms with Crippen LogP contribution in [0.25, 0.3) is 11.2 Å². The SMILES string of the molecule is C=C(c1ccc2c(c1)Nc1ccccc1S2)c1cn2cc(C(=O)NC3CCOCC3)nc2cn1. The van der Waals surface area contributed by atoms with E-state index >= 15 is 0 Å². The lowest BCUT2D eigenvalue weighted by atomic mass is 10.0. The minimum Gasteiger partial charge on any atom is -0.381 e. The predicted molar refractivity (Wildman–Crippen MR) is 133 cm³/mol. The van der Waals surface area contributed by atoms with Crippen LogP contribution < -0.4 is 10.6 Å². The maximum absolute atomic E-state index is 12.7. The highest BCUT2D eigenvalue weighted by atomic mass is 32.2. The first-order valence-electron chi connectivity index (χ1n) is 11.2. The van der Waals surface area contributed by atoms with Crippen molar-refractivity contribution < 1.29 is 9.53 Å². The minimum atomic E-state index is -0.172. The molecule has 7 nitrogen and oxygen atoms in total. The Labute approximate surface area is 201 Å². The van der Waals surface area contributed by atoms with E-state index in [1.807, 2.05) is 22.7 Å². The molecule has 2 aromatic heterocycles. The zero-order chi connectivity index (χ0) is 23.1. The van der Waals surface area contributed by atoms with Gasteiger partial charge in [-0.2, -0.15) is 0 Å². The molecule has 2 N–H and O–H groups in total. The number of nitrogens with one attached hydrogen (secondary N) is 2. The molecule has 0 spiro atoms. The number of hydrogen-bond acceptors (Lipinski definition) is 6. The van der Waals surface area contributed by atoms with E-state index in [-0.39, 0.29) is 11.9 Å². The van der Waals surface area contributed by atoms with Crippen molar-refractivity contribution in [2.24, 2.45) is 0 Å². The number of rotatable bonds is 4. The van der Waals surface area contributed by atoms with E-state index in [9.17, 15) is 4.79 Å². The lowest BCUT2D eigenvalue weighted by Crippen LogP contribution is -2.39. The molecule has 34 heavy (non-hydrogen) atoms. The van der Waals surface area contributed by atoms with Crippen LogP contribution in [0.4, 0.5) is 11.4 Å². The molecule has 2 aliphatic heterocycles. The number of anilines is 2. The third-order valence-electron chi connectivity index (χ3n) is 6.14. The van der Waals surface area contributed by atoms with Gasteiger partial charge in [0.2, 0.25) is 0 Å². The van der Waals surface area contributed by atoms with Crippen LogP contribution in [0.1, 0.15) is 34.6 Å². The molecule has 0 aliphatic carbocycles. The number of hydrogen-bond donors (Lipinski definition) is 2. The summed E-state index contributed by atoms with van der Waals surface area (Å²) in [5.74, 6) is -0.172. The van der Waals surface area contributed by atoms with Gasteiger partial charge in [-0.25, -0.2) is 4.98 Å². The van der Waals surface area contributed by atoms with Crippen molar-refractivity contribution in [2.45, 2.75) is 28.7 Å². The molecule has 1 fully saturated rings. The molecular formula is C26H23N5O2S. The quantitative estimate of drug-likeness (QED) is 0.389. The topological polar surface area (TPSA) is 80.5 Å². The average molecular weight is 470 g/mol. The largest absolute Gasteiger partial charge is 0.381 e. The standard InChI is InChI=1S/C26H23N5O2S/c1-16(17-6-7-24-20(12-17)29-19-4-2-3-5-23(19)34-24)21-14-31-15-22(30-25(31)13-27-21)26(32)28-18-8-10-33-11-9-18/h2-7,12-15,18,29H,1,8-11H2,(H,28,32). The van der Waals surface area contributed by atoms with Crippen LogP contribution in [0.2, 0.25) is 0 Å². The Kier molecular flexibility index (Phi) is 5.31. The average Bonchev–Trinajstić information content (AvgIpc) is 3.31. The van der Waals surface area contributed by atoms with Gasteiger partial charge in [0.25, 0.3) is 5.91 Å². The Balaban J connectivity index is 1.23. The highest BCUT2D eigenvalue weighted by molar-refractivity contribution is 7.99. The summed E-state index contributed by atoms with van der Waals surface area (Å²) in [7, 11) is 0. The number of para-hydroxylation sites is 1. The second kappa shape index (κ2) is 8.62. The minimum absolute atomic E-state index is 0.127. The highest BCUT2D eigenvalue weighted by Crippen LogP contribution is 2.44. The number of amides is 1. The number of carbonyl (C=O) groups excluding carboxylic acids is 1. The Morgan fingerprint density at radius 1 is 1.09 bits per heavy atom. The Hall–Kier alpha value is -3.62. The lowest BCUT2D eigenvalue weighted by Gasteiger charge is -2.22. The van der Waals surface area contributed by atoms with Crippen molar-refractivity contribution in [2.75, 3.05) is 18.5 Å². The van der Waals surface area contributed by atoms with Crippen molar-refractivity contribution in [3.8, 4) is 0 Å². The van der Waals surface area contributed by atoms with Crippen molar-refractivity contribution in [3.63, 3.8) is 0 Å². The van der Waals surface area contributed by atoms with E-state index in [4.69, 9.17) is 4.74 Å². The fourth-order valence-electron chi connectivity index (χ4n) is 4.24. The molecule has 0 atom stereocenters. The van der Waals surface area contributed by atoms with Gasteiger partial charge in [-0.05, 0) is 42.7 Å². The van der Waals surface area contributed by atoms with E-state index in [1.54, 1.807) is 24.2 Å². The van der Waals surface area contributed by atoms with Gasteiger partial charge in [-0.3, -0.25) is 9.78 Å². The van der Waals surface area contributed by atoms with E-state index in [1.165, 1.54) is 9.79 Å². The molecule has 170 valence electrons. The fourth-order valence-corrected chi connectivity index (χ4v) is 5.21. The maximum Gasteiger partial charge on any atom is 0.271 e. The molecule has 2 aliphatic rings. The third-order valence-corrected chi connectivity index (χ3v) is 7.30. The van der Waals surface area contributed by atoms with E-state index in [0.29, 0.717) is 24.6 Å². The van der Waals surface area contributed by atoms with Crippen LogP contribution in [0, 0.1) is 0 Å². The second-order valence-electron chi connectivity index (χ2n) is 8.44. The molecule has 0 unspecified atom stereocenters. The Morgan fingerprint density at radius 2 is 1.88 bits per heavy atom. The first kappa shape index (κ1) is 20.9. The second-order valence-corrected chi connectivity index (χ2v) is 9.52. The first-order valence-corrected chi connectivity index (χ1v) is 12.1. The normalized spacial score (nSPS) is 15.3. The summed E-state index contributed by atoms with van der Waals surface area (Å²) in [5, 5.41) is 6.57. The smallest absolute Gasteiger partial charge is 0.271 e. The Morgan fingerprint density at radius 3 is 2.76 bits per heavy atom. The van der Waals surface area contributed by atoms with Crippen LogP contribution in [0.3, 0.4) is 0 Å². The van der Waals surface area contributed by atoms with Gasteiger partial charge in [0.05, 0.1) is 23.3 Å². The summed E-state index contributed by atoms with van der Waals surface area (Å²) in [4.78, 5) is 24.1. The zero-order valence-electron chi connectivity index (χ0n) is 18.5. The van der Waals surface area contributed by atoms with Crippen LogP contribution in [0.5, 0.6) is 0 Å². The molecule has 1 saturated heterocycles. The third kappa shape index (κ3) is 3.95. The number of ether oxygens (including phenoxy) is 1. The predicted octanol–water partition coefficient (Wildman–Crippen LogP) is 4.91.